The molecule has 0 aliphatic carbocycles. The van der Waals surface area contributed by atoms with Crippen molar-refractivity contribution in [1.82, 2.24) is 15.1 Å². The molecular formula is C20H36IN5O2. The third kappa shape index (κ3) is 8.93. The third-order valence-corrected chi connectivity index (χ3v) is 4.64. The zero-order valence-electron chi connectivity index (χ0n) is 17.6. The van der Waals surface area contributed by atoms with Gasteiger partial charge in [0.2, 0.25) is 0 Å². The summed E-state index contributed by atoms with van der Waals surface area (Å²) in [5.74, 6) is 1.65. The average molecular weight is 505 g/mol. The second-order valence-corrected chi connectivity index (χ2v) is 6.96. The number of halogens is 1. The van der Waals surface area contributed by atoms with Gasteiger partial charge in [0.25, 0.3) is 0 Å². The molecule has 1 saturated heterocycles. The maximum Gasteiger partial charge on any atom is 0.195 e. The number of likely N-dealkylation sites (N-methyl/N-ethyl adjacent to an activating group) is 2. The minimum atomic E-state index is 0. The predicted octanol–water partition coefficient (Wildman–Crippen LogP) is 2.34. The summed E-state index contributed by atoms with van der Waals surface area (Å²) in [5, 5.41) is 6.72. The topological polar surface area (TPSA) is 61.4 Å². The number of nitrogens with one attached hydrogen (secondary N) is 2. The Morgan fingerprint density at radius 1 is 1.25 bits per heavy atom. The molecule has 1 aromatic rings. The van der Waals surface area contributed by atoms with Gasteiger partial charge in [-0.25, -0.2) is 0 Å². The zero-order chi connectivity index (χ0) is 19.5. The minimum Gasteiger partial charge on any atom is -0.493 e. The molecule has 2 rings (SSSR count). The molecule has 0 saturated carbocycles. The second kappa shape index (κ2) is 14.0. The molecule has 2 N–H and O–H groups in total. The Bertz CT molecular complexity index is 587. The van der Waals surface area contributed by atoms with Crippen LogP contribution in [0.15, 0.2) is 29.3 Å². The molecule has 1 aromatic carbocycles. The standard InChI is InChI=1S/C20H35N5O2.HI/c1-5-21-20(22-15-18-16-24(2)10-11-25(18)3)23-17-8-6-9-19(14-17)27-13-7-12-26-4;/h6,8-9,14,18H,5,7,10-13,15-16H2,1-4H3,(H2,21,22,23);1H. The number of nitrogens with zero attached hydrogens (tertiary/aromatic N) is 3. The van der Waals surface area contributed by atoms with Crippen molar-refractivity contribution in [1.29, 1.82) is 0 Å². The van der Waals surface area contributed by atoms with E-state index in [-0.39, 0.29) is 24.0 Å². The van der Waals surface area contributed by atoms with E-state index in [2.05, 4.69) is 41.5 Å². The lowest BCUT2D eigenvalue weighted by Crippen LogP contribution is -2.51. The highest BCUT2D eigenvalue weighted by Crippen LogP contribution is 2.17. The van der Waals surface area contributed by atoms with Crippen molar-refractivity contribution in [3.8, 4) is 5.75 Å². The van der Waals surface area contributed by atoms with E-state index in [0.717, 1.165) is 56.5 Å². The van der Waals surface area contributed by atoms with Gasteiger partial charge in [0.05, 0.1) is 13.2 Å². The van der Waals surface area contributed by atoms with Crippen LogP contribution in [0.4, 0.5) is 5.69 Å². The average Bonchev–Trinajstić information content (AvgIpc) is 2.66. The van der Waals surface area contributed by atoms with Crippen molar-refractivity contribution in [3.05, 3.63) is 24.3 Å². The van der Waals surface area contributed by atoms with Gasteiger partial charge in [0.15, 0.2) is 5.96 Å². The summed E-state index contributed by atoms with van der Waals surface area (Å²) in [6, 6.07) is 8.42. The Kier molecular flexibility index (Phi) is 12.4. The lowest BCUT2D eigenvalue weighted by atomic mass is 10.2. The molecule has 0 spiro atoms. The highest BCUT2D eigenvalue weighted by atomic mass is 127. The Balaban J connectivity index is 0.00000392. The monoisotopic (exact) mass is 505 g/mol. The van der Waals surface area contributed by atoms with Gasteiger partial charge < -0.3 is 25.0 Å². The van der Waals surface area contributed by atoms with Crippen molar-refractivity contribution < 1.29 is 9.47 Å². The number of ether oxygens (including phenoxy) is 2. The number of guanidine groups is 1. The van der Waals surface area contributed by atoms with Crippen LogP contribution >= 0.6 is 24.0 Å². The van der Waals surface area contributed by atoms with Crippen molar-refractivity contribution in [2.45, 2.75) is 19.4 Å². The summed E-state index contributed by atoms with van der Waals surface area (Å²) in [5.41, 5.74) is 0.966. The normalized spacial score (nSPS) is 18.4. The van der Waals surface area contributed by atoms with E-state index < -0.39 is 0 Å². The van der Waals surface area contributed by atoms with Gasteiger partial charge in [0.1, 0.15) is 5.75 Å². The molecule has 160 valence electrons. The summed E-state index contributed by atoms with van der Waals surface area (Å²) in [7, 11) is 6.05. The fraction of sp³-hybridized carbons (Fsp3) is 0.650. The molecule has 8 heteroatoms. The van der Waals surface area contributed by atoms with Crippen LogP contribution in [0.1, 0.15) is 13.3 Å². The van der Waals surface area contributed by atoms with Crippen molar-refractivity contribution in [3.63, 3.8) is 0 Å². The third-order valence-electron chi connectivity index (χ3n) is 4.64. The molecule has 7 nitrogen and oxygen atoms in total. The first-order valence-corrected chi connectivity index (χ1v) is 9.78. The molecule has 1 aliphatic rings. The summed E-state index contributed by atoms with van der Waals surface area (Å²) < 4.78 is 10.8. The number of methoxy groups -OCH3 is 1. The first kappa shape index (κ1) is 24.9. The van der Waals surface area contributed by atoms with Crippen LogP contribution in [0, 0.1) is 0 Å². The van der Waals surface area contributed by atoms with Crippen LogP contribution in [0.5, 0.6) is 5.75 Å². The van der Waals surface area contributed by atoms with E-state index in [1.54, 1.807) is 7.11 Å². The van der Waals surface area contributed by atoms with Gasteiger partial charge in [-0.15, -0.1) is 24.0 Å². The fourth-order valence-corrected chi connectivity index (χ4v) is 3.00. The highest BCUT2D eigenvalue weighted by molar-refractivity contribution is 14.0. The number of piperazine rings is 1. The fourth-order valence-electron chi connectivity index (χ4n) is 3.00. The molecule has 1 heterocycles. The zero-order valence-corrected chi connectivity index (χ0v) is 19.9. The van der Waals surface area contributed by atoms with Gasteiger partial charge in [0, 0.05) is 64.1 Å². The molecular weight excluding hydrogens is 469 g/mol. The summed E-state index contributed by atoms with van der Waals surface area (Å²) >= 11 is 0. The second-order valence-electron chi connectivity index (χ2n) is 6.96. The van der Waals surface area contributed by atoms with Crippen molar-refractivity contribution in [2.75, 3.05) is 72.5 Å². The van der Waals surface area contributed by atoms with Crippen LogP contribution in [0.3, 0.4) is 0 Å². The largest absolute Gasteiger partial charge is 0.493 e. The Hall–Kier alpha value is -1.10. The summed E-state index contributed by atoms with van der Waals surface area (Å²) in [6.45, 7) is 8.27. The maximum atomic E-state index is 5.78. The molecule has 0 radical (unpaired) electrons. The molecule has 0 bridgehead atoms. The lowest BCUT2D eigenvalue weighted by Gasteiger charge is -2.36. The van der Waals surface area contributed by atoms with E-state index in [9.17, 15) is 0 Å². The molecule has 0 amide bonds. The van der Waals surface area contributed by atoms with E-state index in [4.69, 9.17) is 14.5 Å². The molecule has 1 unspecified atom stereocenters. The van der Waals surface area contributed by atoms with Crippen LogP contribution in [0.25, 0.3) is 0 Å². The van der Waals surface area contributed by atoms with Crippen LogP contribution in [-0.2, 0) is 4.74 Å². The number of rotatable bonds is 9. The van der Waals surface area contributed by atoms with Gasteiger partial charge >= 0.3 is 0 Å². The SMILES string of the molecule is CCNC(=NCC1CN(C)CCN1C)Nc1cccc(OCCCOC)c1.I. The van der Waals surface area contributed by atoms with Gasteiger partial charge in [-0.1, -0.05) is 6.07 Å². The Morgan fingerprint density at radius 2 is 2.07 bits per heavy atom. The molecule has 28 heavy (non-hydrogen) atoms. The summed E-state index contributed by atoms with van der Waals surface area (Å²) in [4.78, 5) is 9.56. The number of hydrogen-bond acceptors (Lipinski definition) is 5. The van der Waals surface area contributed by atoms with Crippen LogP contribution in [-0.4, -0.2) is 88.9 Å². The molecule has 1 fully saturated rings. The van der Waals surface area contributed by atoms with Gasteiger partial charge in [-0.05, 0) is 33.2 Å². The van der Waals surface area contributed by atoms with Crippen molar-refractivity contribution in [2.24, 2.45) is 4.99 Å². The van der Waals surface area contributed by atoms with Crippen LogP contribution < -0.4 is 15.4 Å². The molecule has 1 atom stereocenters. The Morgan fingerprint density at radius 3 is 2.82 bits per heavy atom. The van der Waals surface area contributed by atoms with E-state index >= 15 is 0 Å². The number of aliphatic imine (C=N–C) groups is 1. The van der Waals surface area contributed by atoms with E-state index in [1.807, 2.05) is 24.3 Å². The molecule has 0 aromatic heterocycles. The van der Waals surface area contributed by atoms with Crippen LogP contribution in [0.2, 0.25) is 0 Å². The van der Waals surface area contributed by atoms with Gasteiger partial charge in [-0.3, -0.25) is 9.89 Å². The first-order valence-electron chi connectivity index (χ1n) is 9.78. The number of hydrogen-bond donors (Lipinski definition) is 2. The number of benzene rings is 1. The summed E-state index contributed by atoms with van der Waals surface area (Å²) in [6.07, 6.45) is 0.877. The lowest BCUT2D eigenvalue weighted by molar-refractivity contribution is 0.119. The van der Waals surface area contributed by atoms with E-state index in [1.165, 1.54) is 0 Å². The first-order chi connectivity index (χ1) is 13.1. The van der Waals surface area contributed by atoms with Gasteiger partial charge in [-0.2, -0.15) is 0 Å². The maximum absolute atomic E-state index is 5.78. The molecule has 1 aliphatic heterocycles. The predicted molar refractivity (Wildman–Crippen MR) is 127 cm³/mol. The highest BCUT2D eigenvalue weighted by Gasteiger charge is 2.21. The smallest absolute Gasteiger partial charge is 0.195 e. The minimum absolute atomic E-state index is 0. The number of anilines is 1. The van der Waals surface area contributed by atoms with Crippen molar-refractivity contribution >= 4 is 35.6 Å². The quantitative estimate of drug-likeness (QED) is 0.233. The van der Waals surface area contributed by atoms with E-state index in [0.29, 0.717) is 19.3 Å². The Labute approximate surface area is 186 Å².